The number of aryl methyl sites for hydroxylation is 1. The van der Waals surface area contributed by atoms with E-state index >= 15 is 13.2 Å². The molecule has 0 aliphatic carbocycles. The van der Waals surface area contributed by atoms with Gasteiger partial charge >= 0.3 is 0 Å². The SMILES string of the molecule is CCc1cc2ncc(CN3CCN(CC4CCN(c5cc(F)c([C@@H]6c7[nH]c8ccccc8c7C[C@@H](C)N6CC(C)(C)F)c(F)c5)CC4)CC3)cc2[nH]c1=O. The Hall–Kier alpha value is -4.19. The highest BCUT2D eigenvalue weighted by Crippen LogP contribution is 2.44. The number of hydrogen-bond acceptors (Lipinski definition) is 6. The minimum Gasteiger partial charge on any atom is -0.371 e. The minimum atomic E-state index is -1.54. The van der Waals surface area contributed by atoms with Gasteiger partial charge in [-0.05, 0) is 93.8 Å². The second kappa shape index (κ2) is 14.8. The lowest BCUT2D eigenvalue weighted by molar-refractivity contribution is 0.0643. The smallest absolute Gasteiger partial charge is 0.251 e. The van der Waals surface area contributed by atoms with Crippen molar-refractivity contribution in [3.63, 3.8) is 0 Å². The van der Waals surface area contributed by atoms with Crippen LogP contribution in [0.3, 0.4) is 0 Å². The summed E-state index contributed by atoms with van der Waals surface area (Å²) in [6.07, 6.45) is 5.20. The average Bonchev–Trinajstić information content (AvgIpc) is 3.50. The van der Waals surface area contributed by atoms with Gasteiger partial charge in [0.1, 0.15) is 17.3 Å². The third-order valence-corrected chi connectivity index (χ3v) is 12.0. The third-order valence-electron chi connectivity index (χ3n) is 12.0. The Morgan fingerprint density at radius 2 is 1.61 bits per heavy atom. The van der Waals surface area contributed by atoms with Crippen molar-refractivity contribution in [1.82, 2.24) is 29.7 Å². The summed E-state index contributed by atoms with van der Waals surface area (Å²) in [7, 11) is 0. The van der Waals surface area contributed by atoms with Gasteiger partial charge in [0.15, 0.2) is 0 Å². The zero-order valence-corrected chi connectivity index (χ0v) is 31.9. The van der Waals surface area contributed by atoms with Crippen LogP contribution in [0.4, 0.5) is 18.9 Å². The van der Waals surface area contributed by atoms with E-state index in [1.165, 1.54) is 26.0 Å². The van der Waals surface area contributed by atoms with Gasteiger partial charge in [0, 0.05) is 105 Å². The van der Waals surface area contributed by atoms with Crippen molar-refractivity contribution in [2.24, 2.45) is 5.92 Å². The van der Waals surface area contributed by atoms with Gasteiger partial charge in [-0.1, -0.05) is 25.1 Å². The number of piperidine rings is 1. The van der Waals surface area contributed by atoms with Crippen molar-refractivity contribution in [3.05, 3.63) is 105 Å². The highest BCUT2D eigenvalue weighted by atomic mass is 19.1. The van der Waals surface area contributed by atoms with E-state index in [-0.39, 0.29) is 23.7 Å². The number of piperazine rings is 1. The minimum absolute atomic E-state index is 0.0197. The van der Waals surface area contributed by atoms with Crippen LogP contribution in [0.25, 0.3) is 21.9 Å². The van der Waals surface area contributed by atoms with Crippen molar-refractivity contribution in [3.8, 4) is 0 Å². The summed E-state index contributed by atoms with van der Waals surface area (Å²) in [4.78, 5) is 32.4. The molecular weight excluding hydrogens is 688 g/mol. The third kappa shape index (κ3) is 7.42. The summed E-state index contributed by atoms with van der Waals surface area (Å²) in [5.74, 6) is -0.652. The molecule has 2 N–H and O–H groups in total. The first kappa shape index (κ1) is 36.8. The van der Waals surface area contributed by atoms with Gasteiger partial charge in [-0.25, -0.2) is 13.2 Å². The topological polar surface area (TPSA) is 74.5 Å². The fraction of sp³-hybridized carbons (Fsp3) is 0.488. The van der Waals surface area contributed by atoms with E-state index in [1.54, 1.807) is 0 Å². The molecule has 54 heavy (non-hydrogen) atoms. The number of alkyl halides is 1. The molecule has 0 radical (unpaired) electrons. The second-order valence-corrected chi connectivity index (χ2v) is 16.5. The summed E-state index contributed by atoms with van der Waals surface area (Å²) in [5, 5.41) is 1.05. The molecular formula is C43H52F3N7O. The number of para-hydroxylation sites is 1. The Balaban J connectivity index is 0.899. The van der Waals surface area contributed by atoms with Gasteiger partial charge < -0.3 is 19.8 Å². The number of pyridine rings is 2. The molecule has 2 aromatic carbocycles. The molecule has 6 heterocycles. The molecule has 0 bridgehead atoms. The predicted molar refractivity (Wildman–Crippen MR) is 210 cm³/mol. The molecule has 0 spiro atoms. The monoisotopic (exact) mass is 739 g/mol. The Bertz CT molecular complexity index is 2170. The molecule has 0 saturated carbocycles. The Morgan fingerprint density at radius 1 is 0.907 bits per heavy atom. The van der Waals surface area contributed by atoms with Crippen LogP contribution in [-0.2, 0) is 19.4 Å². The zero-order chi connectivity index (χ0) is 37.7. The number of anilines is 1. The Kier molecular flexibility index (Phi) is 10.1. The van der Waals surface area contributed by atoms with Crippen LogP contribution < -0.4 is 10.5 Å². The van der Waals surface area contributed by atoms with Crippen LogP contribution in [0.5, 0.6) is 0 Å². The van der Waals surface area contributed by atoms with Crippen LogP contribution >= 0.6 is 0 Å². The number of rotatable bonds is 9. The first-order chi connectivity index (χ1) is 25.9. The normalized spacial score (nSPS) is 21.0. The van der Waals surface area contributed by atoms with E-state index in [0.29, 0.717) is 24.4 Å². The van der Waals surface area contributed by atoms with Crippen LogP contribution in [0, 0.1) is 17.6 Å². The summed E-state index contributed by atoms with van der Waals surface area (Å²) < 4.78 is 48.0. The lowest BCUT2D eigenvalue weighted by Crippen LogP contribution is -2.48. The average molecular weight is 740 g/mol. The summed E-state index contributed by atoms with van der Waals surface area (Å²) in [6.45, 7) is 14.3. The van der Waals surface area contributed by atoms with E-state index < -0.39 is 23.3 Å². The maximum atomic E-state index is 16.4. The number of fused-ring (bicyclic) bond motifs is 4. The second-order valence-electron chi connectivity index (χ2n) is 16.5. The number of nitrogens with zero attached hydrogens (tertiary/aromatic N) is 5. The molecule has 3 aliphatic rings. The van der Waals surface area contributed by atoms with Gasteiger partial charge in [0.25, 0.3) is 5.56 Å². The first-order valence-electron chi connectivity index (χ1n) is 19.7. The molecule has 11 heteroatoms. The first-order valence-corrected chi connectivity index (χ1v) is 19.7. The number of aromatic nitrogens is 3. The van der Waals surface area contributed by atoms with Crippen molar-refractivity contribution in [2.45, 2.75) is 77.7 Å². The largest absolute Gasteiger partial charge is 0.371 e. The number of halogens is 3. The van der Waals surface area contributed by atoms with E-state index in [9.17, 15) is 4.79 Å². The molecule has 3 aromatic heterocycles. The lowest BCUT2D eigenvalue weighted by atomic mass is 9.87. The van der Waals surface area contributed by atoms with Crippen LogP contribution in [-0.4, -0.2) is 93.7 Å². The maximum Gasteiger partial charge on any atom is 0.251 e. The van der Waals surface area contributed by atoms with E-state index in [4.69, 9.17) is 0 Å². The van der Waals surface area contributed by atoms with E-state index in [0.717, 1.165) is 110 Å². The Labute approximate surface area is 315 Å². The number of benzene rings is 2. The van der Waals surface area contributed by atoms with Crippen molar-refractivity contribution >= 4 is 27.6 Å². The van der Waals surface area contributed by atoms with E-state index in [2.05, 4.69) is 29.7 Å². The highest BCUT2D eigenvalue weighted by Gasteiger charge is 2.41. The maximum absolute atomic E-state index is 16.4. The van der Waals surface area contributed by atoms with Crippen molar-refractivity contribution < 1.29 is 13.2 Å². The van der Waals surface area contributed by atoms with Gasteiger partial charge in [-0.15, -0.1) is 0 Å². The molecule has 2 fully saturated rings. The molecule has 8 nitrogen and oxygen atoms in total. The fourth-order valence-corrected chi connectivity index (χ4v) is 9.16. The molecule has 2 atom stereocenters. The Morgan fingerprint density at radius 3 is 2.31 bits per heavy atom. The highest BCUT2D eigenvalue weighted by molar-refractivity contribution is 5.85. The van der Waals surface area contributed by atoms with Crippen LogP contribution in [0.1, 0.15) is 74.5 Å². The van der Waals surface area contributed by atoms with Crippen LogP contribution in [0.2, 0.25) is 0 Å². The molecule has 5 aromatic rings. The number of H-pyrrole nitrogens is 2. The van der Waals surface area contributed by atoms with Crippen molar-refractivity contribution in [2.75, 3.05) is 57.3 Å². The van der Waals surface area contributed by atoms with Gasteiger partial charge in [-0.3, -0.25) is 19.6 Å². The zero-order valence-electron chi connectivity index (χ0n) is 31.9. The molecule has 8 rings (SSSR count). The molecule has 0 unspecified atom stereocenters. The molecule has 2 saturated heterocycles. The number of hydrogen-bond donors (Lipinski definition) is 2. The summed E-state index contributed by atoms with van der Waals surface area (Å²) >= 11 is 0. The summed E-state index contributed by atoms with van der Waals surface area (Å²) in [5.41, 5.74) is 5.15. The van der Waals surface area contributed by atoms with E-state index in [1.807, 2.05) is 61.3 Å². The van der Waals surface area contributed by atoms with Crippen LogP contribution in [0.15, 0.2) is 59.5 Å². The lowest BCUT2D eigenvalue weighted by Gasteiger charge is -2.43. The molecule has 0 amide bonds. The predicted octanol–water partition coefficient (Wildman–Crippen LogP) is 7.36. The quantitative estimate of drug-likeness (QED) is 0.165. The standard InChI is InChI=1S/C43H52F3N7O/c1-5-30-20-37-38(49-42(30)54)19-29(23-47-37)25-51-16-14-50(15-17-51)24-28-10-12-52(13-11-28)31-21-34(44)39(35(45)22-31)41-40-33(32-8-6-7-9-36(32)48-40)18-27(2)53(41)26-43(3,4)46/h6-9,19-23,27-28,41,48H,5,10-18,24-26H2,1-4H3,(H,49,54)/t27-,41-/m1/s1. The van der Waals surface area contributed by atoms with Crippen molar-refractivity contribution in [1.29, 1.82) is 0 Å². The fourth-order valence-electron chi connectivity index (χ4n) is 9.16. The van der Waals surface area contributed by atoms with Gasteiger partial charge in [0.05, 0.1) is 17.1 Å². The summed E-state index contributed by atoms with van der Waals surface area (Å²) in [6, 6.07) is 14.0. The number of aromatic amines is 2. The molecule has 3 aliphatic heterocycles. The molecule has 286 valence electrons. The number of nitrogens with one attached hydrogen (secondary N) is 2. The van der Waals surface area contributed by atoms with Gasteiger partial charge in [-0.2, -0.15) is 0 Å². The van der Waals surface area contributed by atoms with Gasteiger partial charge in [0.2, 0.25) is 0 Å².